The van der Waals surface area contributed by atoms with Crippen molar-refractivity contribution in [3.63, 3.8) is 0 Å². The highest BCUT2D eigenvalue weighted by Gasteiger charge is 2.27. The zero-order valence-corrected chi connectivity index (χ0v) is 12.5. The molecule has 0 saturated heterocycles. The van der Waals surface area contributed by atoms with Crippen molar-refractivity contribution < 1.29 is 14.3 Å². The van der Waals surface area contributed by atoms with Crippen molar-refractivity contribution in [2.24, 2.45) is 5.92 Å². The van der Waals surface area contributed by atoms with E-state index in [4.69, 9.17) is 4.74 Å². The lowest BCUT2D eigenvalue weighted by Crippen LogP contribution is -2.40. The van der Waals surface area contributed by atoms with Crippen LogP contribution in [0.25, 0.3) is 0 Å². The minimum atomic E-state index is -0.206. The summed E-state index contributed by atoms with van der Waals surface area (Å²) in [6.07, 6.45) is 5.41. The third-order valence-electron chi connectivity index (χ3n) is 3.53. The summed E-state index contributed by atoms with van der Waals surface area (Å²) < 4.78 is 4.94. The zero-order chi connectivity index (χ0) is 14.3. The highest BCUT2D eigenvalue weighted by Crippen LogP contribution is 2.25. The summed E-state index contributed by atoms with van der Waals surface area (Å²) in [6.45, 7) is 6.82. The first-order valence-corrected chi connectivity index (χ1v) is 7.49. The van der Waals surface area contributed by atoms with Crippen LogP contribution >= 0.6 is 0 Å². The predicted molar refractivity (Wildman–Crippen MR) is 74.7 cm³/mol. The first kappa shape index (κ1) is 16.0. The fourth-order valence-electron chi connectivity index (χ4n) is 2.64. The Kier molecular flexibility index (Phi) is 6.89. The summed E-state index contributed by atoms with van der Waals surface area (Å²) in [5.41, 5.74) is 0. The van der Waals surface area contributed by atoms with E-state index >= 15 is 0 Å². The summed E-state index contributed by atoms with van der Waals surface area (Å²) in [5.74, 6) is 0.341. The average Bonchev–Trinajstić information content (AvgIpc) is 2.82. The van der Waals surface area contributed by atoms with Crippen molar-refractivity contribution >= 4 is 11.9 Å². The molecule has 0 aromatic carbocycles. The van der Waals surface area contributed by atoms with Crippen LogP contribution in [0.4, 0.5) is 0 Å². The van der Waals surface area contributed by atoms with Crippen molar-refractivity contribution in [1.82, 2.24) is 4.90 Å². The maximum absolute atomic E-state index is 12.3. The van der Waals surface area contributed by atoms with Gasteiger partial charge in [0.1, 0.15) is 0 Å². The Morgan fingerprint density at radius 2 is 1.89 bits per heavy atom. The molecule has 0 radical (unpaired) electrons. The van der Waals surface area contributed by atoms with Gasteiger partial charge < -0.3 is 9.64 Å². The van der Waals surface area contributed by atoms with Gasteiger partial charge in [-0.25, -0.2) is 0 Å². The minimum absolute atomic E-state index is 0.186. The number of carbonyl (C=O) groups is 2. The number of carbonyl (C=O) groups excluding carboxylic acids is 2. The van der Waals surface area contributed by atoms with Crippen LogP contribution in [0.2, 0.25) is 0 Å². The van der Waals surface area contributed by atoms with Gasteiger partial charge in [-0.1, -0.05) is 26.7 Å². The number of ether oxygens (including phenoxy) is 1. The molecule has 19 heavy (non-hydrogen) atoms. The Labute approximate surface area is 116 Å². The molecule has 0 aliphatic heterocycles. The van der Waals surface area contributed by atoms with Crippen molar-refractivity contribution in [2.75, 3.05) is 13.2 Å². The van der Waals surface area contributed by atoms with Crippen molar-refractivity contribution in [2.45, 2.75) is 65.3 Å². The monoisotopic (exact) mass is 269 g/mol. The van der Waals surface area contributed by atoms with E-state index in [-0.39, 0.29) is 11.9 Å². The number of hydrogen-bond donors (Lipinski definition) is 0. The molecule has 1 aliphatic rings. The second kappa shape index (κ2) is 8.18. The highest BCUT2D eigenvalue weighted by molar-refractivity contribution is 5.77. The predicted octanol–water partition coefficient (Wildman–Crippen LogP) is 2.76. The van der Waals surface area contributed by atoms with E-state index in [0.717, 1.165) is 12.8 Å². The minimum Gasteiger partial charge on any atom is -0.466 e. The molecule has 1 rings (SSSR count). The van der Waals surface area contributed by atoms with Gasteiger partial charge in [0.05, 0.1) is 13.0 Å². The largest absolute Gasteiger partial charge is 0.466 e. The fraction of sp³-hybridized carbons (Fsp3) is 0.867. The SMILES string of the molecule is CCOC(=O)CCN(C(=O)CC(C)C)C1CCCC1. The average molecular weight is 269 g/mol. The van der Waals surface area contributed by atoms with Crippen LogP contribution in [-0.4, -0.2) is 36.0 Å². The molecule has 1 amide bonds. The molecular formula is C15H27NO3. The molecule has 0 atom stereocenters. The van der Waals surface area contributed by atoms with Crippen LogP contribution in [0.3, 0.4) is 0 Å². The van der Waals surface area contributed by atoms with E-state index in [0.29, 0.717) is 38.0 Å². The van der Waals surface area contributed by atoms with E-state index in [1.165, 1.54) is 12.8 Å². The summed E-state index contributed by atoms with van der Waals surface area (Å²) in [7, 11) is 0. The summed E-state index contributed by atoms with van der Waals surface area (Å²) >= 11 is 0. The second-order valence-corrected chi connectivity index (χ2v) is 5.68. The standard InChI is InChI=1S/C15H27NO3/c1-4-19-15(18)9-10-16(13-7-5-6-8-13)14(17)11-12(2)3/h12-13H,4-11H2,1-3H3. The first-order valence-electron chi connectivity index (χ1n) is 7.49. The lowest BCUT2D eigenvalue weighted by molar-refractivity contribution is -0.144. The second-order valence-electron chi connectivity index (χ2n) is 5.68. The Morgan fingerprint density at radius 1 is 1.26 bits per heavy atom. The van der Waals surface area contributed by atoms with Crippen molar-refractivity contribution in [1.29, 1.82) is 0 Å². The molecule has 1 aliphatic carbocycles. The van der Waals surface area contributed by atoms with E-state index < -0.39 is 0 Å². The molecule has 0 unspecified atom stereocenters. The van der Waals surface area contributed by atoms with Gasteiger partial charge in [-0.2, -0.15) is 0 Å². The summed E-state index contributed by atoms with van der Waals surface area (Å²) in [6, 6.07) is 0.334. The fourth-order valence-corrected chi connectivity index (χ4v) is 2.64. The molecular weight excluding hydrogens is 242 g/mol. The molecule has 4 heteroatoms. The van der Waals surface area contributed by atoms with E-state index in [9.17, 15) is 9.59 Å². The molecule has 110 valence electrons. The molecule has 0 bridgehead atoms. The first-order chi connectivity index (χ1) is 9.04. The maximum atomic E-state index is 12.3. The highest BCUT2D eigenvalue weighted by atomic mass is 16.5. The Morgan fingerprint density at radius 3 is 2.42 bits per heavy atom. The Bertz CT molecular complexity index is 296. The Hall–Kier alpha value is -1.06. The number of rotatable bonds is 7. The molecule has 4 nitrogen and oxygen atoms in total. The van der Waals surface area contributed by atoms with E-state index in [2.05, 4.69) is 13.8 Å². The Balaban J connectivity index is 2.53. The number of esters is 1. The summed E-state index contributed by atoms with van der Waals surface area (Å²) in [4.78, 5) is 25.7. The lowest BCUT2D eigenvalue weighted by Gasteiger charge is -2.29. The third-order valence-corrected chi connectivity index (χ3v) is 3.53. The zero-order valence-electron chi connectivity index (χ0n) is 12.5. The molecule has 1 saturated carbocycles. The van der Waals surface area contributed by atoms with Gasteiger partial charge in [-0.05, 0) is 25.7 Å². The van der Waals surface area contributed by atoms with Crippen LogP contribution < -0.4 is 0 Å². The van der Waals surface area contributed by atoms with Crippen LogP contribution in [0.15, 0.2) is 0 Å². The van der Waals surface area contributed by atoms with Gasteiger partial charge in [0.25, 0.3) is 0 Å². The van der Waals surface area contributed by atoms with Crippen molar-refractivity contribution in [3.05, 3.63) is 0 Å². The van der Waals surface area contributed by atoms with Crippen LogP contribution in [0, 0.1) is 5.92 Å². The maximum Gasteiger partial charge on any atom is 0.307 e. The number of nitrogens with zero attached hydrogens (tertiary/aromatic N) is 1. The van der Waals surface area contributed by atoms with E-state index in [1.54, 1.807) is 6.92 Å². The van der Waals surface area contributed by atoms with Gasteiger partial charge in [0.2, 0.25) is 5.91 Å². The smallest absolute Gasteiger partial charge is 0.307 e. The normalized spacial score (nSPS) is 15.8. The molecule has 0 spiro atoms. The lowest BCUT2D eigenvalue weighted by atomic mass is 10.1. The van der Waals surface area contributed by atoms with Gasteiger partial charge >= 0.3 is 5.97 Å². The molecule has 0 aromatic heterocycles. The molecule has 0 aromatic rings. The van der Waals surface area contributed by atoms with Crippen LogP contribution in [0.1, 0.15) is 59.3 Å². The summed E-state index contributed by atoms with van der Waals surface area (Å²) in [5, 5.41) is 0. The van der Waals surface area contributed by atoms with Gasteiger partial charge in [-0.3, -0.25) is 9.59 Å². The topological polar surface area (TPSA) is 46.6 Å². The van der Waals surface area contributed by atoms with Crippen LogP contribution in [-0.2, 0) is 14.3 Å². The van der Waals surface area contributed by atoms with E-state index in [1.807, 2.05) is 4.90 Å². The number of amides is 1. The van der Waals surface area contributed by atoms with Crippen molar-refractivity contribution in [3.8, 4) is 0 Å². The number of hydrogen-bond acceptors (Lipinski definition) is 3. The van der Waals surface area contributed by atoms with Crippen LogP contribution in [0.5, 0.6) is 0 Å². The van der Waals surface area contributed by atoms with Gasteiger partial charge in [-0.15, -0.1) is 0 Å². The third kappa shape index (κ3) is 5.62. The van der Waals surface area contributed by atoms with Gasteiger partial charge in [0.15, 0.2) is 0 Å². The molecule has 0 heterocycles. The molecule has 0 N–H and O–H groups in total. The van der Waals surface area contributed by atoms with Gasteiger partial charge in [0, 0.05) is 19.0 Å². The molecule has 1 fully saturated rings. The quantitative estimate of drug-likeness (QED) is 0.668.